The van der Waals surface area contributed by atoms with Crippen LogP contribution in [0.5, 0.6) is 0 Å². The number of halogens is 3. The van der Waals surface area contributed by atoms with Crippen LogP contribution in [0.25, 0.3) is 0 Å². The smallest absolute Gasteiger partial charge is 0.159 e. The Morgan fingerprint density at radius 3 is 2.67 bits per heavy atom. The van der Waals surface area contributed by atoms with Crippen LogP contribution in [0, 0.1) is 11.6 Å². The second-order valence-corrected chi connectivity index (χ2v) is 4.38. The lowest BCUT2D eigenvalue weighted by molar-refractivity contribution is 0.168. The summed E-state index contributed by atoms with van der Waals surface area (Å²) < 4.78 is 27.2. The van der Waals surface area contributed by atoms with Crippen molar-refractivity contribution in [3.8, 4) is 0 Å². The Bertz CT molecular complexity index is 552. The first-order valence-corrected chi connectivity index (χ1v) is 5.66. The summed E-state index contributed by atoms with van der Waals surface area (Å²) in [5.74, 6) is -1.84. The van der Waals surface area contributed by atoms with Gasteiger partial charge < -0.3 is 5.11 Å². The number of rotatable bonds is 3. The van der Waals surface area contributed by atoms with Crippen molar-refractivity contribution < 1.29 is 13.9 Å². The van der Waals surface area contributed by atoms with Crippen molar-refractivity contribution in [2.24, 2.45) is 7.05 Å². The van der Waals surface area contributed by atoms with Crippen molar-refractivity contribution in [3.05, 3.63) is 52.3 Å². The third-order valence-electron chi connectivity index (χ3n) is 2.67. The Balaban J connectivity index is 2.21. The summed E-state index contributed by atoms with van der Waals surface area (Å²) in [7, 11) is 1.65. The van der Waals surface area contributed by atoms with Gasteiger partial charge in [-0.3, -0.25) is 4.68 Å². The Labute approximate surface area is 108 Å². The van der Waals surface area contributed by atoms with Crippen molar-refractivity contribution >= 4 is 11.6 Å². The minimum absolute atomic E-state index is 0.135. The van der Waals surface area contributed by atoms with E-state index in [1.54, 1.807) is 7.05 Å². The molecule has 2 rings (SSSR count). The first-order chi connectivity index (χ1) is 8.49. The lowest BCUT2D eigenvalue weighted by atomic mass is 10.1. The fourth-order valence-corrected chi connectivity index (χ4v) is 2.07. The van der Waals surface area contributed by atoms with Crippen LogP contribution in [-0.4, -0.2) is 14.9 Å². The van der Waals surface area contributed by atoms with Crippen LogP contribution in [0.1, 0.15) is 17.4 Å². The standard InChI is InChI=1S/C12H11ClF2N2O/c1-17-12(8(13)6-16-17)11(18)5-7-2-3-9(14)10(15)4-7/h2-4,6,11,18H,5H2,1H3. The van der Waals surface area contributed by atoms with Crippen LogP contribution in [0.15, 0.2) is 24.4 Å². The lowest BCUT2D eigenvalue weighted by Crippen LogP contribution is -2.08. The van der Waals surface area contributed by atoms with Crippen molar-refractivity contribution in [2.45, 2.75) is 12.5 Å². The maximum absolute atomic E-state index is 13.0. The van der Waals surface area contributed by atoms with Gasteiger partial charge >= 0.3 is 0 Å². The van der Waals surface area contributed by atoms with Crippen molar-refractivity contribution in [2.75, 3.05) is 0 Å². The van der Waals surface area contributed by atoms with Crippen molar-refractivity contribution in [1.82, 2.24) is 9.78 Å². The fourth-order valence-electron chi connectivity index (χ4n) is 1.78. The first kappa shape index (κ1) is 13.0. The molecule has 0 fully saturated rings. The topological polar surface area (TPSA) is 38.0 Å². The number of aryl methyl sites for hydroxylation is 1. The number of aliphatic hydroxyl groups excluding tert-OH is 1. The molecule has 1 aromatic heterocycles. The maximum atomic E-state index is 13.0. The van der Waals surface area contributed by atoms with E-state index in [0.29, 0.717) is 16.3 Å². The van der Waals surface area contributed by atoms with Gasteiger partial charge in [0.25, 0.3) is 0 Å². The van der Waals surface area contributed by atoms with E-state index in [4.69, 9.17) is 11.6 Å². The average Bonchev–Trinajstić information content (AvgIpc) is 2.64. The van der Waals surface area contributed by atoms with Gasteiger partial charge in [0.1, 0.15) is 6.10 Å². The molecule has 0 bridgehead atoms. The predicted octanol–water partition coefficient (Wildman–Crippen LogP) is 2.63. The van der Waals surface area contributed by atoms with Gasteiger partial charge in [-0.1, -0.05) is 17.7 Å². The van der Waals surface area contributed by atoms with E-state index in [1.165, 1.54) is 16.9 Å². The summed E-state index contributed by atoms with van der Waals surface area (Å²) in [6.45, 7) is 0. The lowest BCUT2D eigenvalue weighted by Gasteiger charge is -2.12. The predicted molar refractivity (Wildman–Crippen MR) is 63.2 cm³/mol. The molecule has 0 aliphatic carbocycles. The zero-order valence-electron chi connectivity index (χ0n) is 9.57. The number of aromatic nitrogens is 2. The summed E-state index contributed by atoms with van der Waals surface area (Å²) in [5.41, 5.74) is 0.931. The second-order valence-electron chi connectivity index (χ2n) is 3.97. The van der Waals surface area contributed by atoms with Gasteiger partial charge in [-0.2, -0.15) is 5.10 Å². The van der Waals surface area contributed by atoms with E-state index < -0.39 is 17.7 Å². The third kappa shape index (κ3) is 2.52. The molecule has 0 saturated carbocycles. The van der Waals surface area contributed by atoms with Gasteiger partial charge in [0, 0.05) is 13.5 Å². The number of aliphatic hydroxyl groups is 1. The average molecular weight is 273 g/mol. The molecule has 0 spiro atoms. The minimum Gasteiger partial charge on any atom is -0.386 e. The molecular formula is C12H11ClF2N2O. The molecule has 0 radical (unpaired) electrons. The van der Waals surface area contributed by atoms with E-state index in [0.717, 1.165) is 12.1 Å². The van der Waals surface area contributed by atoms with Crippen LogP contribution < -0.4 is 0 Å². The highest BCUT2D eigenvalue weighted by molar-refractivity contribution is 6.31. The van der Waals surface area contributed by atoms with Gasteiger partial charge in [0.15, 0.2) is 11.6 Å². The van der Waals surface area contributed by atoms with E-state index in [-0.39, 0.29) is 6.42 Å². The Morgan fingerprint density at radius 2 is 2.11 bits per heavy atom. The van der Waals surface area contributed by atoms with Gasteiger partial charge in [-0.25, -0.2) is 8.78 Å². The van der Waals surface area contributed by atoms with Crippen LogP contribution in [0.4, 0.5) is 8.78 Å². The van der Waals surface area contributed by atoms with Gasteiger partial charge in [0.2, 0.25) is 0 Å². The highest BCUT2D eigenvalue weighted by Gasteiger charge is 2.17. The summed E-state index contributed by atoms with van der Waals surface area (Å²) in [6.07, 6.45) is 0.636. The van der Waals surface area contributed by atoms with Gasteiger partial charge in [-0.15, -0.1) is 0 Å². The van der Waals surface area contributed by atoms with Crippen LogP contribution in [0.2, 0.25) is 5.02 Å². The molecule has 1 N–H and O–H groups in total. The molecule has 1 unspecified atom stereocenters. The highest BCUT2D eigenvalue weighted by Crippen LogP contribution is 2.25. The molecule has 0 saturated heterocycles. The van der Waals surface area contributed by atoms with Crippen LogP contribution in [-0.2, 0) is 13.5 Å². The maximum Gasteiger partial charge on any atom is 0.159 e. The molecule has 1 atom stereocenters. The van der Waals surface area contributed by atoms with Gasteiger partial charge in [-0.05, 0) is 17.7 Å². The zero-order chi connectivity index (χ0) is 13.3. The van der Waals surface area contributed by atoms with E-state index in [1.807, 2.05) is 0 Å². The molecule has 0 amide bonds. The molecule has 1 aromatic carbocycles. The molecule has 6 heteroatoms. The second kappa shape index (κ2) is 5.04. The van der Waals surface area contributed by atoms with Gasteiger partial charge in [0.05, 0.1) is 16.9 Å². The van der Waals surface area contributed by atoms with E-state index in [2.05, 4.69) is 5.10 Å². The number of nitrogens with zero attached hydrogens (tertiary/aromatic N) is 2. The van der Waals surface area contributed by atoms with Crippen LogP contribution in [0.3, 0.4) is 0 Å². The van der Waals surface area contributed by atoms with Crippen LogP contribution >= 0.6 is 11.6 Å². The summed E-state index contributed by atoms with van der Waals surface area (Å²) in [6, 6.07) is 3.51. The Kier molecular flexibility index (Phi) is 3.63. The Morgan fingerprint density at radius 1 is 1.39 bits per heavy atom. The molecule has 1 heterocycles. The largest absolute Gasteiger partial charge is 0.386 e. The summed E-state index contributed by atoms with van der Waals surface area (Å²) in [4.78, 5) is 0. The SMILES string of the molecule is Cn1ncc(Cl)c1C(O)Cc1ccc(F)c(F)c1. The molecular weight excluding hydrogens is 262 g/mol. The molecule has 96 valence electrons. The summed E-state index contributed by atoms with van der Waals surface area (Å²) in [5, 5.41) is 14.3. The number of benzene rings is 1. The third-order valence-corrected chi connectivity index (χ3v) is 2.96. The molecule has 3 nitrogen and oxygen atoms in total. The fraction of sp³-hybridized carbons (Fsp3) is 0.250. The molecule has 18 heavy (non-hydrogen) atoms. The van der Waals surface area contributed by atoms with E-state index in [9.17, 15) is 13.9 Å². The zero-order valence-corrected chi connectivity index (χ0v) is 10.3. The number of hydrogen-bond acceptors (Lipinski definition) is 2. The summed E-state index contributed by atoms with van der Waals surface area (Å²) >= 11 is 5.89. The minimum atomic E-state index is -0.934. The normalized spacial score (nSPS) is 12.7. The number of hydrogen-bond donors (Lipinski definition) is 1. The van der Waals surface area contributed by atoms with Crippen molar-refractivity contribution in [1.29, 1.82) is 0 Å². The van der Waals surface area contributed by atoms with Crippen molar-refractivity contribution in [3.63, 3.8) is 0 Å². The Hall–Kier alpha value is -1.46. The highest BCUT2D eigenvalue weighted by atomic mass is 35.5. The quantitative estimate of drug-likeness (QED) is 0.933. The molecule has 2 aromatic rings. The monoisotopic (exact) mass is 272 g/mol. The first-order valence-electron chi connectivity index (χ1n) is 5.28. The molecule has 0 aliphatic rings. The molecule has 0 aliphatic heterocycles. The van der Waals surface area contributed by atoms with E-state index >= 15 is 0 Å².